The summed E-state index contributed by atoms with van der Waals surface area (Å²) in [4.78, 5) is 24.4. The zero-order valence-electron chi connectivity index (χ0n) is 18.6. The molecule has 0 fully saturated rings. The third-order valence-corrected chi connectivity index (χ3v) is 4.90. The number of amides is 1. The minimum Gasteiger partial charge on any atom is -0.469 e. The molecule has 0 aliphatic heterocycles. The van der Waals surface area contributed by atoms with Crippen molar-refractivity contribution in [3.05, 3.63) is 71.9 Å². The lowest BCUT2D eigenvalue weighted by Crippen LogP contribution is -2.41. The van der Waals surface area contributed by atoms with E-state index in [0.717, 1.165) is 16.6 Å². The number of methoxy groups -OCH3 is 1. The Hall–Kier alpha value is -3.28. The molecule has 3 aromatic rings. The summed E-state index contributed by atoms with van der Waals surface area (Å²) in [6.45, 7) is 6.11. The van der Waals surface area contributed by atoms with Gasteiger partial charge in [-0.15, -0.1) is 0 Å². The van der Waals surface area contributed by atoms with Crippen molar-refractivity contribution in [1.29, 1.82) is 0 Å². The van der Waals surface area contributed by atoms with Gasteiger partial charge >= 0.3 is 12.1 Å². The lowest BCUT2D eigenvalue weighted by atomic mass is 10.1. The summed E-state index contributed by atoms with van der Waals surface area (Å²) in [7, 11) is 1.35. The van der Waals surface area contributed by atoms with Crippen LogP contribution in [0.3, 0.4) is 0 Å². The normalized spacial score (nSPS) is 12.4. The second kappa shape index (κ2) is 9.69. The van der Waals surface area contributed by atoms with E-state index in [1.807, 2.05) is 30.3 Å². The zero-order chi connectivity index (χ0) is 22.4. The molecular weight excluding hydrogens is 392 g/mol. The lowest BCUT2D eigenvalue weighted by Gasteiger charge is -2.23. The minimum atomic E-state index is -0.623. The smallest absolute Gasteiger partial charge is 0.407 e. The molecule has 1 N–H and O–H groups in total. The molecule has 0 saturated heterocycles. The molecule has 0 saturated carbocycles. The standard InChI is InChI=1S/C25H30N2O4/c1-25(2,3)31-24(29)26-20(16-23(28)30-4)15-21-14-19-12-8-9-13-22(19)27(21)17-18-10-6-5-7-11-18/h5-14,20H,15-17H2,1-4H3,(H,26,29)/t20-/m0/s1. The predicted octanol–water partition coefficient (Wildman–Crippen LogP) is 4.69. The van der Waals surface area contributed by atoms with Crippen molar-refractivity contribution in [3.8, 4) is 0 Å². The summed E-state index contributed by atoms with van der Waals surface area (Å²) < 4.78 is 12.5. The van der Waals surface area contributed by atoms with E-state index < -0.39 is 17.7 Å². The highest BCUT2D eigenvalue weighted by molar-refractivity contribution is 5.81. The molecule has 2 aromatic carbocycles. The molecule has 1 amide bonds. The van der Waals surface area contributed by atoms with Crippen LogP contribution < -0.4 is 5.32 Å². The molecule has 0 spiro atoms. The number of nitrogens with zero attached hydrogens (tertiary/aromatic N) is 1. The van der Waals surface area contributed by atoms with E-state index in [-0.39, 0.29) is 12.4 Å². The largest absolute Gasteiger partial charge is 0.469 e. The third kappa shape index (κ3) is 6.35. The Labute approximate surface area is 183 Å². The average molecular weight is 423 g/mol. The SMILES string of the molecule is COC(=O)C[C@H](Cc1cc2ccccc2n1Cc1ccccc1)NC(=O)OC(C)(C)C. The maximum atomic E-state index is 12.4. The van der Waals surface area contributed by atoms with E-state index in [2.05, 4.69) is 40.2 Å². The first-order valence-corrected chi connectivity index (χ1v) is 10.4. The van der Waals surface area contributed by atoms with Crippen molar-refractivity contribution < 1.29 is 19.1 Å². The van der Waals surface area contributed by atoms with Gasteiger partial charge in [0.15, 0.2) is 0 Å². The quantitative estimate of drug-likeness (QED) is 0.561. The molecule has 1 aromatic heterocycles. The van der Waals surface area contributed by atoms with Crippen LogP contribution in [0.2, 0.25) is 0 Å². The van der Waals surface area contributed by atoms with Crippen LogP contribution in [0.1, 0.15) is 38.4 Å². The number of alkyl carbamates (subject to hydrolysis) is 1. The topological polar surface area (TPSA) is 69.6 Å². The van der Waals surface area contributed by atoms with Gasteiger partial charge in [0.25, 0.3) is 0 Å². The van der Waals surface area contributed by atoms with Crippen molar-refractivity contribution in [2.45, 2.75) is 51.8 Å². The van der Waals surface area contributed by atoms with E-state index in [9.17, 15) is 9.59 Å². The number of carbonyl (C=O) groups is 2. The van der Waals surface area contributed by atoms with Crippen LogP contribution >= 0.6 is 0 Å². The minimum absolute atomic E-state index is 0.0581. The maximum Gasteiger partial charge on any atom is 0.407 e. The summed E-state index contributed by atoms with van der Waals surface area (Å²) in [5.74, 6) is -0.383. The molecule has 0 aliphatic carbocycles. The Morgan fingerprint density at radius 1 is 1.03 bits per heavy atom. The van der Waals surface area contributed by atoms with E-state index >= 15 is 0 Å². The number of para-hydroxylation sites is 1. The Morgan fingerprint density at radius 2 is 1.71 bits per heavy atom. The average Bonchev–Trinajstić information content (AvgIpc) is 3.04. The summed E-state index contributed by atoms with van der Waals surface area (Å²) in [5.41, 5.74) is 2.68. The van der Waals surface area contributed by atoms with Gasteiger partial charge in [-0.2, -0.15) is 0 Å². The van der Waals surface area contributed by atoms with Crippen LogP contribution in [0.5, 0.6) is 0 Å². The molecule has 6 heteroatoms. The monoisotopic (exact) mass is 422 g/mol. The lowest BCUT2D eigenvalue weighted by molar-refractivity contribution is -0.141. The van der Waals surface area contributed by atoms with E-state index in [4.69, 9.17) is 9.47 Å². The van der Waals surface area contributed by atoms with Gasteiger partial charge in [-0.05, 0) is 43.9 Å². The predicted molar refractivity (Wildman–Crippen MR) is 121 cm³/mol. The van der Waals surface area contributed by atoms with Crippen molar-refractivity contribution >= 4 is 23.0 Å². The number of hydrogen-bond acceptors (Lipinski definition) is 4. The van der Waals surface area contributed by atoms with Crippen molar-refractivity contribution in [3.63, 3.8) is 0 Å². The van der Waals surface area contributed by atoms with E-state index in [1.54, 1.807) is 20.8 Å². The number of benzene rings is 2. The number of ether oxygens (including phenoxy) is 2. The Bertz CT molecular complexity index is 1030. The highest BCUT2D eigenvalue weighted by Crippen LogP contribution is 2.23. The molecule has 6 nitrogen and oxygen atoms in total. The van der Waals surface area contributed by atoms with Crippen LogP contribution in [0.25, 0.3) is 10.9 Å². The molecule has 0 bridgehead atoms. The Balaban J connectivity index is 1.90. The molecular formula is C25H30N2O4. The second-order valence-electron chi connectivity index (χ2n) is 8.59. The van der Waals surface area contributed by atoms with Crippen LogP contribution in [-0.2, 0) is 27.2 Å². The van der Waals surface area contributed by atoms with Crippen molar-refractivity contribution in [1.82, 2.24) is 9.88 Å². The van der Waals surface area contributed by atoms with Gasteiger partial charge in [0.1, 0.15) is 5.60 Å². The second-order valence-corrected chi connectivity index (χ2v) is 8.59. The third-order valence-electron chi connectivity index (χ3n) is 4.90. The molecule has 0 unspecified atom stereocenters. The highest BCUT2D eigenvalue weighted by Gasteiger charge is 2.23. The molecule has 3 rings (SSSR count). The van der Waals surface area contributed by atoms with Gasteiger partial charge in [0.2, 0.25) is 0 Å². The number of carbonyl (C=O) groups excluding carboxylic acids is 2. The van der Waals surface area contributed by atoms with Gasteiger partial charge in [0, 0.05) is 30.2 Å². The van der Waals surface area contributed by atoms with Gasteiger partial charge in [-0.3, -0.25) is 4.79 Å². The van der Waals surface area contributed by atoms with Gasteiger partial charge in [-0.1, -0.05) is 48.5 Å². The first-order chi connectivity index (χ1) is 14.7. The Kier molecular flexibility index (Phi) is 7.00. The molecule has 1 heterocycles. The number of aromatic nitrogens is 1. The van der Waals surface area contributed by atoms with Gasteiger partial charge in [-0.25, -0.2) is 4.79 Å². The van der Waals surface area contributed by atoms with Crippen molar-refractivity contribution in [2.75, 3.05) is 7.11 Å². The van der Waals surface area contributed by atoms with Gasteiger partial charge in [0.05, 0.1) is 13.5 Å². The van der Waals surface area contributed by atoms with Crippen LogP contribution in [-0.4, -0.2) is 35.4 Å². The molecule has 1 atom stereocenters. The van der Waals surface area contributed by atoms with E-state index in [1.165, 1.54) is 12.7 Å². The number of fused-ring (bicyclic) bond motifs is 1. The van der Waals surface area contributed by atoms with Gasteiger partial charge < -0.3 is 19.4 Å². The number of rotatable bonds is 7. The number of nitrogens with one attached hydrogen (secondary N) is 1. The summed E-state index contributed by atoms with van der Waals surface area (Å²) in [5, 5.41) is 3.96. The first kappa shape index (κ1) is 22.4. The van der Waals surface area contributed by atoms with Crippen molar-refractivity contribution in [2.24, 2.45) is 0 Å². The van der Waals surface area contributed by atoms with Crippen LogP contribution in [0.4, 0.5) is 4.79 Å². The first-order valence-electron chi connectivity index (χ1n) is 10.4. The fourth-order valence-corrected chi connectivity index (χ4v) is 3.57. The number of hydrogen-bond donors (Lipinski definition) is 1. The summed E-state index contributed by atoms with van der Waals surface area (Å²) in [6, 6.07) is 20.0. The molecule has 0 radical (unpaired) electrons. The zero-order valence-corrected chi connectivity index (χ0v) is 18.6. The molecule has 164 valence electrons. The summed E-state index contributed by atoms with van der Waals surface area (Å²) in [6.07, 6.45) is -0.0227. The van der Waals surface area contributed by atoms with Crippen LogP contribution in [0, 0.1) is 0 Å². The molecule has 0 aliphatic rings. The van der Waals surface area contributed by atoms with E-state index in [0.29, 0.717) is 13.0 Å². The fraction of sp³-hybridized carbons (Fsp3) is 0.360. The fourth-order valence-electron chi connectivity index (χ4n) is 3.57. The van der Waals surface area contributed by atoms with Crippen LogP contribution in [0.15, 0.2) is 60.7 Å². The Morgan fingerprint density at radius 3 is 2.39 bits per heavy atom. The number of esters is 1. The summed E-state index contributed by atoms with van der Waals surface area (Å²) >= 11 is 0. The highest BCUT2D eigenvalue weighted by atomic mass is 16.6. The maximum absolute atomic E-state index is 12.4. The molecule has 31 heavy (non-hydrogen) atoms.